The van der Waals surface area contributed by atoms with E-state index in [0.717, 1.165) is 43.7 Å². The molecule has 0 atom stereocenters. The van der Waals surface area contributed by atoms with Gasteiger partial charge < -0.3 is 19.9 Å². The molecule has 6 heteroatoms. The molecule has 1 aromatic carbocycles. The Morgan fingerprint density at radius 1 is 1.19 bits per heavy atom. The van der Waals surface area contributed by atoms with Gasteiger partial charge in [0, 0.05) is 36.3 Å². The van der Waals surface area contributed by atoms with E-state index in [1.54, 1.807) is 6.33 Å². The van der Waals surface area contributed by atoms with Gasteiger partial charge in [0.2, 0.25) is 5.88 Å². The Hall–Kier alpha value is -2.86. The standard InChI is InChI=1S/C21H25N5O/c1-22-8-2-10-27-21-6-5-18(12-24-21)17-4-3-16-7-9-26(20(16)11-17)14-19-13-23-15-25-19/h3-6,11-13,15,22H,2,7-10,14H2,1H3,(H,23,25). The van der Waals surface area contributed by atoms with Gasteiger partial charge in [-0.3, -0.25) is 0 Å². The number of benzene rings is 1. The Morgan fingerprint density at radius 3 is 2.89 bits per heavy atom. The maximum atomic E-state index is 5.68. The van der Waals surface area contributed by atoms with Crippen molar-refractivity contribution in [2.24, 2.45) is 0 Å². The van der Waals surface area contributed by atoms with Gasteiger partial charge in [-0.1, -0.05) is 12.1 Å². The molecule has 27 heavy (non-hydrogen) atoms. The zero-order chi connectivity index (χ0) is 18.5. The van der Waals surface area contributed by atoms with E-state index in [4.69, 9.17) is 4.74 Å². The minimum Gasteiger partial charge on any atom is -0.478 e. The number of ether oxygens (including phenoxy) is 1. The van der Waals surface area contributed by atoms with Crippen LogP contribution in [0.25, 0.3) is 11.1 Å². The minimum atomic E-state index is 0.675. The minimum absolute atomic E-state index is 0.675. The molecular formula is C21H25N5O. The highest BCUT2D eigenvalue weighted by molar-refractivity contribution is 5.71. The summed E-state index contributed by atoms with van der Waals surface area (Å²) in [4.78, 5) is 14.2. The van der Waals surface area contributed by atoms with Gasteiger partial charge >= 0.3 is 0 Å². The van der Waals surface area contributed by atoms with E-state index >= 15 is 0 Å². The van der Waals surface area contributed by atoms with Crippen LogP contribution in [0.1, 0.15) is 17.7 Å². The van der Waals surface area contributed by atoms with Gasteiger partial charge in [0.15, 0.2) is 0 Å². The van der Waals surface area contributed by atoms with Crippen molar-refractivity contribution < 1.29 is 4.74 Å². The SMILES string of the molecule is CNCCCOc1ccc(-c2ccc3c(c2)N(Cc2cnc[nH]2)CC3)cn1. The molecule has 0 saturated heterocycles. The number of aromatic nitrogens is 3. The normalized spacial score (nSPS) is 13.0. The second kappa shape index (κ2) is 8.22. The first kappa shape index (κ1) is 17.5. The first-order valence-corrected chi connectivity index (χ1v) is 9.42. The summed E-state index contributed by atoms with van der Waals surface area (Å²) in [7, 11) is 1.94. The molecule has 0 radical (unpaired) electrons. The van der Waals surface area contributed by atoms with Crippen LogP contribution >= 0.6 is 0 Å². The smallest absolute Gasteiger partial charge is 0.213 e. The van der Waals surface area contributed by atoms with E-state index in [-0.39, 0.29) is 0 Å². The lowest BCUT2D eigenvalue weighted by atomic mass is 10.0. The van der Waals surface area contributed by atoms with Gasteiger partial charge in [0.25, 0.3) is 0 Å². The fourth-order valence-corrected chi connectivity index (χ4v) is 3.43. The molecule has 3 aromatic rings. The largest absolute Gasteiger partial charge is 0.478 e. The first-order chi connectivity index (χ1) is 13.3. The van der Waals surface area contributed by atoms with Crippen LogP contribution < -0.4 is 15.0 Å². The maximum Gasteiger partial charge on any atom is 0.213 e. The zero-order valence-electron chi connectivity index (χ0n) is 15.6. The summed E-state index contributed by atoms with van der Waals surface area (Å²) in [6.07, 6.45) is 7.57. The number of nitrogens with zero attached hydrogens (tertiary/aromatic N) is 3. The number of rotatable bonds is 8. The molecule has 2 N–H and O–H groups in total. The quantitative estimate of drug-likeness (QED) is 0.602. The molecule has 0 bridgehead atoms. The molecule has 4 rings (SSSR count). The Morgan fingerprint density at radius 2 is 2.11 bits per heavy atom. The summed E-state index contributed by atoms with van der Waals surface area (Å²) in [5.41, 5.74) is 6.12. The van der Waals surface area contributed by atoms with Crippen LogP contribution in [0.5, 0.6) is 5.88 Å². The molecule has 0 aliphatic carbocycles. The number of anilines is 1. The Balaban J connectivity index is 1.47. The van der Waals surface area contributed by atoms with Crippen LogP contribution in [-0.4, -0.2) is 41.7 Å². The van der Waals surface area contributed by atoms with Crippen molar-refractivity contribution in [3.63, 3.8) is 0 Å². The third-order valence-electron chi connectivity index (χ3n) is 4.88. The van der Waals surface area contributed by atoms with Gasteiger partial charge in [-0.05, 0) is 49.7 Å². The monoisotopic (exact) mass is 363 g/mol. The van der Waals surface area contributed by atoms with Crippen LogP contribution in [0, 0.1) is 0 Å². The van der Waals surface area contributed by atoms with Gasteiger partial charge in [-0.2, -0.15) is 0 Å². The van der Waals surface area contributed by atoms with Crippen molar-refractivity contribution in [2.45, 2.75) is 19.4 Å². The predicted molar refractivity (Wildman–Crippen MR) is 107 cm³/mol. The summed E-state index contributed by atoms with van der Waals surface area (Å²) < 4.78 is 5.68. The topological polar surface area (TPSA) is 66.1 Å². The second-order valence-corrected chi connectivity index (χ2v) is 6.78. The lowest BCUT2D eigenvalue weighted by Crippen LogP contribution is -2.19. The zero-order valence-corrected chi connectivity index (χ0v) is 15.6. The summed E-state index contributed by atoms with van der Waals surface area (Å²) in [6, 6.07) is 10.7. The molecular weight excluding hydrogens is 338 g/mol. The molecule has 6 nitrogen and oxygen atoms in total. The van der Waals surface area contributed by atoms with Crippen molar-refractivity contribution >= 4 is 5.69 Å². The van der Waals surface area contributed by atoms with Crippen molar-refractivity contribution in [3.05, 3.63) is 60.3 Å². The fourth-order valence-electron chi connectivity index (χ4n) is 3.43. The van der Waals surface area contributed by atoms with Crippen molar-refractivity contribution in [1.29, 1.82) is 0 Å². The van der Waals surface area contributed by atoms with Crippen molar-refractivity contribution in [3.8, 4) is 17.0 Å². The number of nitrogens with one attached hydrogen (secondary N) is 2. The van der Waals surface area contributed by atoms with Gasteiger partial charge in [-0.15, -0.1) is 0 Å². The number of H-pyrrole nitrogens is 1. The Bertz CT molecular complexity index is 861. The Labute approximate surface area is 159 Å². The molecule has 0 amide bonds. The molecule has 2 aromatic heterocycles. The molecule has 0 spiro atoms. The molecule has 1 aliphatic heterocycles. The van der Waals surface area contributed by atoms with Gasteiger partial charge in [-0.25, -0.2) is 9.97 Å². The second-order valence-electron chi connectivity index (χ2n) is 6.78. The molecule has 0 unspecified atom stereocenters. The highest BCUT2D eigenvalue weighted by Crippen LogP contribution is 2.33. The third kappa shape index (κ3) is 4.11. The summed E-state index contributed by atoms with van der Waals surface area (Å²) in [5.74, 6) is 0.678. The highest BCUT2D eigenvalue weighted by atomic mass is 16.5. The Kier molecular flexibility index (Phi) is 5.34. The van der Waals surface area contributed by atoms with Crippen LogP contribution in [0.4, 0.5) is 5.69 Å². The first-order valence-electron chi connectivity index (χ1n) is 9.42. The number of imidazole rings is 1. The van der Waals surface area contributed by atoms with Crippen LogP contribution in [0.3, 0.4) is 0 Å². The molecule has 0 saturated carbocycles. The van der Waals surface area contributed by atoms with E-state index in [9.17, 15) is 0 Å². The molecule has 1 aliphatic rings. The predicted octanol–water partition coefficient (Wildman–Crippen LogP) is 3.02. The van der Waals surface area contributed by atoms with Crippen molar-refractivity contribution in [2.75, 3.05) is 31.6 Å². The summed E-state index contributed by atoms with van der Waals surface area (Å²) in [5, 5.41) is 3.11. The molecule has 3 heterocycles. The molecule has 140 valence electrons. The highest BCUT2D eigenvalue weighted by Gasteiger charge is 2.20. The third-order valence-corrected chi connectivity index (χ3v) is 4.88. The lowest BCUT2D eigenvalue weighted by molar-refractivity contribution is 0.298. The van der Waals surface area contributed by atoms with Crippen molar-refractivity contribution in [1.82, 2.24) is 20.3 Å². The number of hydrogen-bond acceptors (Lipinski definition) is 5. The van der Waals surface area contributed by atoms with E-state index in [1.165, 1.54) is 16.8 Å². The number of hydrogen-bond donors (Lipinski definition) is 2. The maximum absolute atomic E-state index is 5.68. The average Bonchev–Trinajstić information content (AvgIpc) is 3.36. The van der Waals surface area contributed by atoms with Gasteiger partial charge in [0.1, 0.15) is 0 Å². The fraction of sp³-hybridized carbons (Fsp3) is 0.333. The summed E-state index contributed by atoms with van der Waals surface area (Å²) >= 11 is 0. The summed E-state index contributed by atoms with van der Waals surface area (Å²) in [6.45, 7) is 3.51. The number of fused-ring (bicyclic) bond motifs is 1. The van der Waals surface area contributed by atoms with E-state index in [1.807, 2.05) is 25.5 Å². The van der Waals surface area contributed by atoms with Crippen LogP contribution in [0.2, 0.25) is 0 Å². The van der Waals surface area contributed by atoms with Crippen LogP contribution in [-0.2, 0) is 13.0 Å². The average molecular weight is 363 g/mol. The van der Waals surface area contributed by atoms with E-state index in [0.29, 0.717) is 12.5 Å². The van der Waals surface area contributed by atoms with Crippen LogP contribution in [0.15, 0.2) is 49.1 Å². The number of aromatic amines is 1. The van der Waals surface area contributed by atoms with E-state index in [2.05, 4.69) is 49.4 Å². The molecule has 0 fully saturated rings. The van der Waals surface area contributed by atoms with E-state index < -0.39 is 0 Å². The van der Waals surface area contributed by atoms with Gasteiger partial charge in [0.05, 0.1) is 25.2 Å². The number of pyridine rings is 1. The lowest BCUT2D eigenvalue weighted by Gasteiger charge is -2.19.